The maximum atomic E-state index is 12.3. The second-order valence-electron chi connectivity index (χ2n) is 7.49. The van der Waals surface area contributed by atoms with Gasteiger partial charge in [0.2, 0.25) is 5.91 Å². The number of nitrogens with one attached hydrogen (secondary N) is 1. The normalized spacial score (nSPS) is 11.5. The second-order valence-corrected chi connectivity index (χ2v) is 7.49. The molecule has 6 nitrogen and oxygen atoms in total. The molecule has 2 heterocycles. The molecule has 0 aliphatic rings. The van der Waals surface area contributed by atoms with E-state index in [1.807, 2.05) is 61.3 Å². The number of aromatic nitrogens is 4. The fourth-order valence-corrected chi connectivity index (χ4v) is 2.90. The van der Waals surface area contributed by atoms with Crippen molar-refractivity contribution in [1.82, 2.24) is 24.6 Å². The summed E-state index contributed by atoms with van der Waals surface area (Å²) in [7, 11) is 0. The van der Waals surface area contributed by atoms with Crippen molar-refractivity contribution in [3.8, 4) is 11.3 Å². The minimum absolute atomic E-state index is 0.0360. The van der Waals surface area contributed by atoms with Gasteiger partial charge in [0.05, 0.1) is 31.0 Å². The molecule has 0 saturated carbocycles. The first kappa shape index (κ1) is 17.9. The molecule has 0 bridgehead atoms. The van der Waals surface area contributed by atoms with E-state index in [0.717, 1.165) is 17.0 Å². The molecular formula is C20H25N5O. The summed E-state index contributed by atoms with van der Waals surface area (Å²) >= 11 is 0. The Kier molecular flexibility index (Phi) is 4.93. The van der Waals surface area contributed by atoms with Crippen LogP contribution in [0.25, 0.3) is 11.3 Å². The van der Waals surface area contributed by atoms with Crippen LogP contribution in [0.2, 0.25) is 0 Å². The molecule has 0 fully saturated rings. The third-order valence-electron chi connectivity index (χ3n) is 4.09. The lowest BCUT2D eigenvalue weighted by molar-refractivity contribution is -0.123. The Morgan fingerprint density at radius 2 is 1.88 bits per heavy atom. The van der Waals surface area contributed by atoms with Gasteiger partial charge < -0.3 is 9.88 Å². The number of carbonyl (C=O) groups excluding carboxylic acids is 1. The van der Waals surface area contributed by atoms with E-state index in [-0.39, 0.29) is 18.0 Å². The van der Waals surface area contributed by atoms with Crippen LogP contribution in [-0.4, -0.2) is 30.8 Å². The van der Waals surface area contributed by atoms with Crippen LogP contribution in [0, 0.1) is 6.92 Å². The smallest absolute Gasteiger partial charge is 0.240 e. The van der Waals surface area contributed by atoms with E-state index < -0.39 is 0 Å². The van der Waals surface area contributed by atoms with E-state index in [0.29, 0.717) is 6.54 Å². The van der Waals surface area contributed by atoms with Gasteiger partial charge in [0.15, 0.2) is 0 Å². The second kappa shape index (κ2) is 7.15. The van der Waals surface area contributed by atoms with Crippen LogP contribution in [0.1, 0.15) is 32.0 Å². The topological polar surface area (TPSA) is 64.7 Å². The molecule has 0 aliphatic carbocycles. The molecule has 1 aromatic carbocycles. The van der Waals surface area contributed by atoms with Gasteiger partial charge in [0.1, 0.15) is 6.54 Å². The van der Waals surface area contributed by atoms with Crippen LogP contribution in [0.3, 0.4) is 0 Å². The van der Waals surface area contributed by atoms with Crippen LogP contribution in [-0.2, 0) is 17.9 Å². The average molecular weight is 351 g/mol. The molecule has 1 amide bonds. The highest BCUT2D eigenvalue weighted by Gasteiger charge is 2.17. The first-order chi connectivity index (χ1) is 12.3. The van der Waals surface area contributed by atoms with E-state index in [4.69, 9.17) is 0 Å². The molecule has 2 aromatic heterocycles. The maximum absolute atomic E-state index is 12.3. The number of imidazole rings is 1. The summed E-state index contributed by atoms with van der Waals surface area (Å²) in [5, 5.41) is 7.50. The molecule has 26 heavy (non-hydrogen) atoms. The van der Waals surface area contributed by atoms with Gasteiger partial charge in [-0.2, -0.15) is 5.10 Å². The van der Waals surface area contributed by atoms with Gasteiger partial charge >= 0.3 is 0 Å². The minimum Gasteiger partial charge on any atom is -0.350 e. The molecule has 3 rings (SSSR count). The zero-order valence-corrected chi connectivity index (χ0v) is 15.7. The summed E-state index contributed by atoms with van der Waals surface area (Å²) in [4.78, 5) is 16.5. The van der Waals surface area contributed by atoms with Crippen LogP contribution >= 0.6 is 0 Å². The van der Waals surface area contributed by atoms with E-state index in [1.165, 1.54) is 5.56 Å². The zero-order valence-electron chi connectivity index (χ0n) is 15.7. The fraction of sp³-hybridized carbons (Fsp3) is 0.350. The van der Waals surface area contributed by atoms with Crippen molar-refractivity contribution in [2.24, 2.45) is 0 Å². The molecule has 136 valence electrons. The first-order valence-corrected chi connectivity index (χ1v) is 8.71. The van der Waals surface area contributed by atoms with Crippen molar-refractivity contribution in [2.75, 3.05) is 0 Å². The lowest BCUT2D eigenvalue weighted by Gasteiger charge is -2.21. The number of benzene rings is 1. The molecule has 0 radical (unpaired) electrons. The van der Waals surface area contributed by atoms with Crippen molar-refractivity contribution < 1.29 is 4.79 Å². The molecule has 0 saturated heterocycles. The number of carbonyl (C=O) groups is 1. The van der Waals surface area contributed by atoms with E-state index >= 15 is 0 Å². The summed E-state index contributed by atoms with van der Waals surface area (Å²) in [5.74, 6) is -0.0360. The SMILES string of the molecule is Cc1c(-c2cncn2CC(=O)NC(C)(C)C)cnn1Cc1ccccc1. The summed E-state index contributed by atoms with van der Waals surface area (Å²) in [6, 6.07) is 10.2. The summed E-state index contributed by atoms with van der Waals surface area (Å²) in [6.45, 7) is 8.89. The van der Waals surface area contributed by atoms with Crippen LogP contribution < -0.4 is 5.32 Å². The van der Waals surface area contributed by atoms with E-state index in [2.05, 4.69) is 27.5 Å². The van der Waals surface area contributed by atoms with Crippen molar-refractivity contribution in [3.63, 3.8) is 0 Å². The fourth-order valence-electron chi connectivity index (χ4n) is 2.90. The monoisotopic (exact) mass is 351 g/mol. The Balaban J connectivity index is 1.81. The van der Waals surface area contributed by atoms with Crippen LogP contribution in [0.5, 0.6) is 0 Å². The lowest BCUT2D eigenvalue weighted by atomic mass is 10.1. The number of nitrogens with zero attached hydrogens (tertiary/aromatic N) is 4. The Bertz CT molecular complexity index is 887. The summed E-state index contributed by atoms with van der Waals surface area (Å²) in [6.07, 6.45) is 5.31. The Morgan fingerprint density at radius 3 is 2.58 bits per heavy atom. The Hall–Kier alpha value is -2.89. The number of rotatable bonds is 5. The highest BCUT2D eigenvalue weighted by molar-refractivity contribution is 5.77. The lowest BCUT2D eigenvalue weighted by Crippen LogP contribution is -2.42. The van der Waals surface area contributed by atoms with Gasteiger partial charge in [0, 0.05) is 16.8 Å². The third-order valence-corrected chi connectivity index (χ3v) is 4.09. The molecule has 6 heteroatoms. The number of hydrogen-bond acceptors (Lipinski definition) is 3. The molecular weight excluding hydrogens is 326 g/mol. The quantitative estimate of drug-likeness (QED) is 0.768. The highest BCUT2D eigenvalue weighted by atomic mass is 16.2. The third kappa shape index (κ3) is 4.20. The minimum atomic E-state index is -0.256. The molecule has 0 unspecified atom stereocenters. The van der Waals surface area contributed by atoms with Gasteiger partial charge in [-0.1, -0.05) is 30.3 Å². The maximum Gasteiger partial charge on any atom is 0.240 e. The van der Waals surface area contributed by atoms with Gasteiger partial charge in [0.25, 0.3) is 0 Å². The van der Waals surface area contributed by atoms with Gasteiger partial charge in [-0.25, -0.2) is 4.98 Å². The molecule has 1 N–H and O–H groups in total. The average Bonchev–Trinajstić information content (AvgIpc) is 3.14. The van der Waals surface area contributed by atoms with Crippen molar-refractivity contribution >= 4 is 5.91 Å². The Morgan fingerprint density at radius 1 is 1.15 bits per heavy atom. The number of hydrogen-bond donors (Lipinski definition) is 1. The van der Waals surface area contributed by atoms with Crippen molar-refractivity contribution in [3.05, 3.63) is 60.3 Å². The zero-order chi connectivity index (χ0) is 18.7. The molecule has 0 atom stereocenters. The predicted octanol–water partition coefficient (Wildman–Crippen LogP) is 3.02. The van der Waals surface area contributed by atoms with Crippen LogP contribution in [0.15, 0.2) is 49.1 Å². The van der Waals surface area contributed by atoms with E-state index in [9.17, 15) is 4.79 Å². The van der Waals surface area contributed by atoms with E-state index in [1.54, 1.807) is 12.5 Å². The van der Waals surface area contributed by atoms with Crippen molar-refractivity contribution in [2.45, 2.75) is 46.3 Å². The number of amides is 1. The van der Waals surface area contributed by atoms with Crippen molar-refractivity contribution in [1.29, 1.82) is 0 Å². The predicted molar refractivity (Wildman–Crippen MR) is 102 cm³/mol. The molecule has 3 aromatic rings. The van der Waals surface area contributed by atoms with Gasteiger partial charge in [-0.15, -0.1) is 0 Å². The van der Waals surface area contributed by atoms with Crippen LogP contribution in [0.4, 0.5) is 0 Å². The molecule has 0 aliphatic heterocycles. The largest absolute Gasteiger partial charge is 0.350 e. The molecule has 0 spiro atoms. The standard InChI is InChI=1S/C20H25N5O/c1-15-17(10-22-25(15)12-16-8-6-5-7-9-16)18-11-21-14-24(18)13-19(26)23-20(2,3)4/h5-11,14H,12-13H2,1-4H3,(H,23,26). The van der Waals surface area contributed by atoms with Gasteiger partial charge in [-0.3, -0.25) is 9.48 Å². The highest BCUT2D eigenvalue weighted by Crippen LogP contribution is 2.23. The Labute approximate surface area is 153 Å². The first-order valence-electron chi connectivity index (χ1n) is 8.71. The van der Waals surface area contributed by atoms with Gasteiger partial charge in [-0.05, 0) is 33.3 Å². The summed E-state index contributed by atoms with van der Waals surface area (Å²) in [5.41, 5.74) is 3.87. The summed E-state index contributed by atoms with van der Waals surface area (Å²) < 4.78 is 3.83.